The molecule has 0 aliphatic carbocycles. The van der Waals surface area contributed by atoms with Crippen molar-refractivity contribution in [2.75, 3.05) is 13.2 Å². The van der Waals surface area contributed by atoms with Crippen LogP contribution in [0.5, 0.6) is 5.75 Å². The van der Waals surface area contributed by atoms with E-state index < -0.39 is 6.04 Å². The van der Waals surface area contributed by atoms with Gasteiger partial charge in [0.05, 0.1) is 0 Å². The molecule has 1 aromatic carbocycles. The molecule has 6 heteroatoms. The van der Waals surface area contributed by atoms with Gasteiger partial charge in [-0.3, -0.25) is 9.59 Å². The zero-order chi connectivity index (χ0) is 14.4. The highest BCUT2D eigenvalue weighted by Gasteiger charge is 2.22. The maximum Gasteiger partial charge on any atom is 0.258 e. The van der Waals surface area contributed by atoms with Crippen LogP contribution >= 0.6 is 0 Å². The highest BCUT2D eigenvalue weighted by atomic mass is 19.1. The van der Waals surface area contributed by atoms with Crippen LogP contribution < -0.4 is 15.4 Å². The average Bonchev–Trinajstić information content (AvgIpc) is 2.64. The minimum atomic E-state index is -0.498. The van der Waals surface area contributed by atoms with Crippen LogP contribution in [0.1, 0.15) is 19.3 Å². The summed E-state index contributed by atoms with van der Waals surface area (Å²) in [4.78, 5) is 23.4. The SMILES string of the molecule is O=C(COc1ccc(F)cc1)N[C@@H]1CCCCNC1=O. The summed E-state index contributed by atoms with van der Waals surface area (Å²) in [6.45, 7) is 0.451. The molecule has 5 nitrogen and oxygen atoms in total. The summed E-state index contributed by atoms with van der Waals surface area (Å²) < 4.78 is 17.9. The van der Waals surface area contributed by atoms with E-state index in [1.54, 1.807) is 0 Å². The van der Waals surface area contributed by atoms with Gasteiger partial charge < -0.3 is 15.4 Å². The molecular weight excluding hydrogens is 263 g/mol. The summed E-state index contributed by atoms with van der Waals surface area (Å²) >= 11 is 0. The van der Waals surface area contributed by atoms with Crippen LogP contribution in [-0.2, 0) is 9.59 Å². The summed E-state index contributed by atoms with van der Waals surface area (Å²) in [5.74, 6) is -0.474. The van der Waals surface area contributed by atoms with Crippen molar-refractivity contribution >= 4 is 11.8 Å². The van der Waals surface area contributed by atoms with Crippen molar-refractivity contribution in [2.45, 2.75) is 25.3 Å². The zero-order valence-corrected chi connectivity index (χ0v) is 11.0. The molecule has 20 heavy (non-hydrogen) atoms. The Bertz CT molecular complexity index is 476. The van der Waals surface area contributed by atoms with Gasteiger partial charge in [0.15, 0.2) is 6.61 Å². The third kappa shape index (κ3) is 4.22. The lowest BCUT2D eigenvalue weighted by Gasteiger charge is -2.15. The topological polar surface area (TPSA) is 67.4 Å². The highest BCUT2D eigenvalue weighted by Crippen LogP contribution is 2.11. The van der Waals surface area contributed by atoms with Gasteiger partial charge in [-0.15, -0.1) is 0 Å². The first-order valence-corrected chi connectivity index (χ1v) is 6.60. The van der Waals surface area contributed by atoms with Crippen molar-refractivity contribution in [1.29, 1.82) is 0 Å². The van der Waals surface area contributed by atoms with Gasteiger partial charge in [-0.05, 0) is 43.5 Å². The number of carbonyl (C=O) groups excluding carboxylic acids is 2. The van der Waals surface area contributed by atoms with Gasteiger partial charge in [-0.1, -0.05) is 0 Å². The van der Waals surface area contributed by atoms with E-state index in [-0.39, 0.29) is 24.2 Å². The fourth-order valence-electron chi connectivity index (χ4n) is 1.99. The first kappa shape index (κ1) is 14.3. The maximum atomic E-state index is 12.7. The molecule has 108 valence electrons. The number of carbonyl (C=O) groups is 2. The van der Waals surface area contributed by atoms with Gasteiger partial charge in [0.25, 0.3) is 5.91 Å². The Morgan fingerprint density at radius 3 is 2.85 bits per heavy atom. The normalized spacial score (nSPS) is 18.9. The third-order valence-electron chi connectivity index (χ3n) is 3.05. The largest absolute Gasteiger partial charge is 0.484 e. The maximum absolute atomic E-state index is 12.7. The highest BCUT2D eigenvalue weighted by molar-refractivity contribution is 5.88. The van der Waals surface area contributed by atoms with Crippen LogP contribution in [0.4, 0.5) is 4.39 Å². The predicted molar refractivity (Wildman–Crippen MR) is 70.7 cm³/mol. The lowest BCUT2D eigenvalue weighted by Crippen LogP contribution is -2.46. The van der Waals surface area contributed by atoms with E-state index in [4.69, 9.17) is 4.74 Å². The van der Waals surface area contributed by atoms with Crippen LogP contribution in [0.15, 0.2) is 24.3 Å². The summed E-state index contributed by atoms with van der Waals surface area (Å²) in [6, 6.07) is 4.90. The first-order valence-electron chi connectivity index (χ1n) is 6.60. The molecule has 0 unspecified atom stereocenters. The van der Waals surface area contributed by atoms with Crippen LogP contribution in [0.2, 0.25) is 0 Å². The molecule has 1 saturated heterocycles. The Morgan fingerprint density at radius 2 is 2.10 bits per heavy atom. The quantitative estimate of drug-likeness (QED) is 0.864. The number of benzene rings is 1. The van der Waals surface area contributed by atoms with Crippen molar-refractivity contribution < 1.29 is 18.7 Å². The van der Waals surface area contributed by atoms with Gasteiger partial charge in [0.1, 0.15) is 17.6 Å². The van der Waals surface area contributed by atoms with E-state index in [1.165, 1.54) is 24.3 Å². The predicted octanol–water partition coefficient (Wildman–Crippen LogP) is 0.989. The lowest BCUT2D eigenvalue weighted by atomic mass is 10.1. The summed E-state index contributed by atoms with van der Waals surface area (Å²) in [5, 5.41) is 5.38. The van der Waals surface area contributed by atoms with Gasteiger partial charge in [0.2, 0.25) is 5.91 Å². The standard InChI is InChI=1S/C14H17FN2O3/c15-10-4-6-11(7-5-10)20-9-13(18)17-12-3-1-2-8-16-14(12)19/h4-7,12H,1-3,8-9H2,(H,16,19)(H,17,18)/t12-/m1/s1. The minimum absolute atomic E-state index is 0.155. The molecule has 1 atom stereocenters. The molecule has 1 fully saturated rings. The van der Waals surface area contributed by atoms with E-state index in [2.05, 4.69) is 10.6 Å². The van der Waals surface area contributed by atoms with Crippen LogP contribution in [-0.4, -0.2) is 31.0 Å². The molecule has 2 rings (SSSR count). The van der Waals surface area contributed by atoms with E-state index in [9.17, 15) is 14.0 Å². The fraction of sp³-hybridized carbons (Fsp3) is 0.429. The van der Waals surface area contributed by atoms with E-state index in [0.717, 1.165) is 12.8 Å². The number of halogens is 1. The molecule has 0 aromatic heterocycles. The molecular formula is C14H17FN2O3. The number of ether oxygens (including phenoxy) is 1. The Balaban J connectivity index is 1.79. The molecule has 1 aliphatic rings. The Morgan fingerprint density at radius 1 is 1.35 bits per heavy atom. The number of amides is 2. The van der Waals surface area contributed by atoms with Crippen molar-refractivity contribution in [1.82, 2.24) is 10.6 Å². The monoisotopic (exact) mass is 280 g/mol. The zero-order valence-electron chi connectivity index (χ0n) is 11.0. The van der Waals surface area contributed by atoms with E-state index >= 15 is 0 Å². The molecule has 0 bridgehead atoms. The summed E-state index contributed by atoms with van der Waals surface area (Å²) in [6.07, 6.45) is 2.45. The molecule has 0 radical (unpaired) electrons. The molecule has 1 heterocycles. The Kier molecular flexibility index (Phi) is 4.92. The lowest BCUT2D eigenvalue weighted by molar-refractivity contribution is -0.129. The van der Waals surface area contributed by atoms with E-state index in [0.29, 0.717) is 18.7 Å². The number of hydrogen-bond donors (Lipinski definition) is 2. The Labute approximate surface area is 116 Å². The second kappa shape index (κ2) is 6.88. The number of rotatable bonds is 4. The second-order valence-electron chi connectivity index (χ2n) is 4.65. The smallest absolute Gasteiger partial charge is 0.258 e. The molecule has 0 saturated carbocycles. The summed E-state index contributed by atoms with van der Waals surface area (Å²) in [7, 11) is 0. The van der Waals surface area contributed by atoms with E-state index in [1.807, 2.05) is 0 Å². The molecule has 0 spiro atoms. The summed E-state index contributed by atoms with van der Waals surface area (Å²) in [5.41, 5.74) is 0. The van der Waals surface area contributed by atoms with Crippen molar-refractivity contribution in [2.24, 2.45) is 0 Å². The van der Waals surface area contributed by atoms with Gasteiger partial charge in [-0.2, -0.15) is 0 Å². The van der Waals surface area contributed by atoms with Crippen LogP contribution in [0, 0.1) is 5.82 Å². The van der Waals surface area contributed by atoms with Crippen LogP contribution in [0.3, 0.4) is 0 Å². The van der Waals surface area contributed by atoms with Gasteiger partial charge in [-0.25, -0.2) is 4.39 Å². The fourth-order valence-corrected chi connectivity index (χ4v) is 1.99. The average molecular weight is 280 g/mol. The van der Waals surface area contributed by atoms with Crippen molar-refractivity contribution in [3.05, 3.63) is 30.1 Å². The van der Waals surface area contributed by atoms with Crippen molar-refractivity contribution in [3.8, 4) is 5.75 Å². The minimum Gasteiger partial charge on any atom is -0.484 e. The number of nitrogens with one attached hydrogen (secondary N) is 2. The van der Waals surface area contributed by atoms with Crippen LogP contribution in [0.25, 0.3) is 0 Å². The van der Waals surface area contributed by atoms with Gasteiger partial charge in [0, 0.05) is 6.54 Å². The number of hydrogen-bond acceptors (Lipinski definition) is 3. The Hall–Kier alpha value is -2.11. The molecule has 2 amide bonds. The second-order valence-corrected chi connectivity index (χ2v) is 4.65. The molecule has 1 aliphatic heterocycles. The third-order valence-corrected chi connectivity index (χ3v) is 3.05. The van der Waals surface area contributed by atoms with Gasteiger partial charge >= 0.3 is 0 Å². The molecule has 2 N–H and O–H groups in total. The first-order chi connectivity index (χ1) is 9.65. The molecule has 1 aromatic rings. The van der Waals surface area contributed by atoms with Crippen molar-refractivity contribution in [3.63, 3.8) is 0 Å².